The maximum absolute atomic E-state index is 12.2. The van der Waals surface area contributed by atoms with Crippen LogP contribution in [0.2, 0.25) is 0 Å². The summed E-state index contributed by atoms with van der Waals surface area (Å²) in [6.07, 6.45) is 0.0236. The van der Waals surface area contributed by atoms with Crippen molar-refractivity contribution in [2.45, 2.75) is 32.9 Å². The lowest BCUT2D eigenvalue weighted by molar-refractivity contribution is -0.141. The molecule has 0 aliphatic carbocycles. The van der Waals surface area contributed by atoms with Crippen LogP contribution in [-0.4, -0.2) is 65.8 Å². The molecule has 1 aliphatic rings. The molecule has 1 N–H and O–H groups in total. The van der Waals surface area contributed by atoms with Gasteiger partial charge in [0.15, 0.2) is 0 Å². The van der Waals surface area contributed by atoms with E-state index in [1.165, 1.54) is 4.90 Å². The first kappa shape index (κ1) is 14.8. The molecule has 2 amide bonds. The molecule has 1 heterocycles. The summed E-state index contributed by atoms with van der Waals surface area (Å²) in [7, 11) is 1.63. The van der Waals surface area contributed by atoms with Crippen molar-refractivity contribution in [2.24, 2.45) is 5.92 Å². The van der Waals surface area contributed by atoms with E-state index < -0.39 is 11.9 Å². The van der Waals surface area contributed by atoms with E-state index in [9.17, 15) is 9.59 Å². The summed E-state index contributed by atoms with van der Waals surface area (Å²) in [5, 5.41) is 8.85. The monoisotopic (exact) mass is 258 g/mol. The smallest absolute Gasteiger partial charge is 0.320 e. The molecule has 0 spiro atoms. The zero-order valence-corrected chi connectivity index (χ0v) is 11.4. The second-order valence-electron chi connectivity index (χ2n) is 5.05. The molecule has 3 atom stereocenters. The van der Waals surface area contributed by atoms with E-state index in [1.54, 1.807) is 18.9 Å². The number of morpholine rings is 1. The minimum atomic E-state index is -0.891. The second-order valence-corrected chi connectivity index (χ2v) is 5.05. The summed E-state index contributed by atoms with van der Waals surface area (Å²) < 4.78 is 5.46. The summed E-state index contributed by atoms with van der Waals surface area (Å²) in [4.78, 5) is 26.2. The molecule has 0 aromatic rings. The predicted molar refractivity (Wildman–Crippen MR) is 66.4 cm³/mol. The van der Waals surface area contributed by atoms with Gasteiger partial charge in [-0.05, 0) is 13.8 Å². The number of rotatable bonds is 3. The molecule has 1 rings (SSSR count). The Kier molecular flexibility index (Phi) is 4.95. The van der Waals surface area contributed by atoms with E-state index in [-0.39, 0.29) is 24.7 Å². The summed E-state index contributed by atoms with van der Waals surface area (Å²) in [5.41, 5.74) is 0. The van der Waals surface area contributed by atoms with Gasteiger partial charge in [0.1, 0.15) is 0 Å². The fraction of sp³-hybridized carbons (Fsp3) is 0.833. The lowest BCUT2D eigenvalue weighted by Gasteiger charge is -2.39. The third-order valence-electron chi connectivity index (χ3n) is 3.15. The third-order valence-corrected chi connectivity index (χ3v) is 3.15. The SMILES string of the molecule is CC1CN(C(=O)N(C)CC(C)C(=O)O)C(C)CO1. The minimum Gasteiger partial charge on any atom is -0.481 e. The molecule has 1 fully saturated rings. The van der Waals surface area contributed by atoms with Crippen LogP contribution in [0.4, 0.5) is 4.79 Å². The quantitative estimate of drug-likeness (QED) is 0.815. The van der Waals surface area contributed by atoms with Gasteiger partial charge < -0.3 is 19.6 Å². The van der Waals surface area contributed by atoms with E-state index in [4.69, 9.17) is 9.84 Å². The van der Waals surface area contributed by atoms with Crippen molar-refractivity contribution >= 4 is 12.0 Å². The zero-order valence-electron chi connectivity index (χ0n) is 11.4. The number of urea groups is 1. The van der Waals surface area contributed by atoms with Gasteiger partial charge >= 0.3 is 12.0 Å². The Balaban J connectivity index is 2.59. The number of amides is 2. The molecule has 6 heteroatoms. The molecule has 0 aromatic carbocycles. The normalized spacial score (nSPS) is 25.7. The van der Waals surface area contributed by atoms with Crippen LogP contribution in [0, 0.1) is 5.92 Å². The maximum atomic E-state index is 12.2. The highest BCUT2D eigenvalue weighted by Gasteiger charge is 2.30. The minimum absolute atomic E-state index is 0.0236. The highest BCUT2D eigenvalue weighted by Crippen LogP contribution is 2.14. The highest BCUT2D eigenvalue weighted by atomic mass is 16.5. The number of aliphatic carboxylic acids is 1. The standard InChI is InChI=1S/C12H22N2O4/c1-8(11(15)16)5-13(4)12(17)14-6-10(3)18-7-9(14)2/h8-10H,5-7H2,1-4H3,(H,15,16). The lowest BCUT2D eigenvalue weighted by Crippen LogP contribution is -2.54. The van der Waals surface area contributed by atoms with Crippen LogP contribution in [0.1, 0.15) is 20.8 Å². The Labute approximate surface area is 107 Å². The average molecular weight is 258 g/mol. The summed E-state index contributed by atoms with van der Waals surface area (Å²) in [6.45, 7) is 6.73. The number of ether oxygens (including phenoxy) is 1. The van der Waals surface area contributed by atoms with Gasteiger partial charge in [0.05, 0.1) is 24.7 Å². The Bertz CT molecular complexity index is 321. The Hall–Kier alpha value is -1.30. The number of carboxylic acid groups (broad SMARTS) is 1. The summed E-state index contributed by atoms with van der Waals surface area (Å²) in [5.74, 6) is -1.45. The molecule has 0 bridgehead atoms. The first-order chi connectivity index (χ1) is 8.32. The molecule has 3 unspecified atom stereocenters. The number of hydrogen-bond acceptors (Lipinski definition) is 3. The molecule has 1 aliphatic heterocycles. The summed E-state index contributed by atoms with van der Waals surface area (Å²) >= 11 is 0. The number of carboxylic acids is 1. The van der Waals surface area contributed by atoms with Crippen molar-refractivity contribution < 1.29 is 19.4 Å². The summed E-state index contributed by atoms with van der Waals surface area (Å²) in [6, 6.07) is -0.109. The topological polar surface area (TPSA) is 70.1 Å². The first-order valence-electron chi connectivity index (χ1n) is 6.19. The van der Waals surface area contributed by atoms with Crippen LogP contribution < -0.4 is 0 Å². The van der Waals surface area contributed by atoms with Crippen molar-refractivity contribution in [2.75, 3.05) is 26.7 Å². The number of nitrogens with zero attached hydrogens (tertiary/aromatic N) is 2. The van der Waals surface area contributed by atoms with Gasteiger partial charge in [-0.15, -0.1) is 0 Å². The molecular formula is C12H22N2O4. The highest BCUT2D eigenvalue weighted by molar-refractivity contribution is 5.76. The van der Waals surface area contributed by atoms with Gasteiger partial charge in [-0.1, -0.05) is 6.92 Å². The maximum Gasteiger partial charge on any atom is 0.320 e. The van der Waals surface area contributed by atoms with Gasteiger partial charge in [-0.2, -0.15) is 0 Å². The van der Waals surface area contributed by atoms with E-state index >= 15 is 0 Å². The van der Waals surface area contributed by atoms with Crippen molar-refractivity contribution in [3.05, 3.63) is 0 Å². The van der Waals surface area contributed by atoms with Crippen molar-refractivity contribution in [3.8, 4) is 0 Å². The number of hydrogen-bond donors (Lipinski definition) is 1. The number of carbonyl (C=O) groups is 2. The lowest BCUT2D eigenvalue weighted by atomic mass is 10.1. The Morgan fingerprint density at radius 3 is 2.67 bits per heavy atom. The van der Waals surface area contributed by atoms with Crippen LogP contribution in [0.15, 0.2) is 0 Å². The van der Waals surface area contributed by atoms with E-state index in [0.717, 1.165) is 0 Å². The van der Waals surface area contributed by atoms with E-state index in [0.29, 0.717) is 13.2 Å². The molecule has 0 aromatic heterocycles. The molecule has 104 valence electrons. The zero-order chi connectivity index (χ0) is 13.9. The van der Waals surface area contributed by atoms with Gasteiger partial charge in [0.25, 0.3) is 0 Å². The molecule has 0 radical (unpaired) electrons. The molecule has 0 saturated carbocycles. The fourth-order valence-corrected chi connectivity index (χ4v) is 1.96. The van der Waals surface area contributed by atoms with Crippen LogP contribution >= 0.6 is 0 Å². The van der Waals surface area contributed by atoms with Crippen molar-refractivity contribution in [1.29, 1.82) is 0 Å². The van der Waals surface area contributed by atoms with E-state index in [2.05, 4.69) is 0 Å². The van der Waals surface area contributed by atoms with Gasteiger partial charge in [0.2, 0.25) is 0 Å². The van der Waals surface area contributed by atoms with Crippen LogP contribution in [0.5, 0.6) is 0 Å². The average Bonchev–Trinajstić information content (AvgIpc) is 2.31. The van der Waals surface area contributed by atoms with Crippen LogP contribution in [0.25, 0.3) is 0 Å². The van der Waals surface area contributed by atoms with Gasteiger partial charge in [0, 0.05) is 20.1 Å². The van der Waals surface area contributed by atoms with Gasteiger partial charge in [-0.25, -0.2) is 4.79 Å². The molecule has 18 heavy (non-hydrogen) atoms. The first-order valence-corrected chi connectivity index (χ1v) is 6.19. The predicted octanol–water partition coefficient (Wildman–Crippen LogP) is 0.868. The largest absolute Gasteiger partial charge is 0.481 e. The Morgan fingerprint density at radius 2 is 2.11 bits per heavy atom. The third kappa shape index (κ3) is 3.60. The molecule has 1 saturated heterocycles. The van der Waals surface area contributed by atoms with Gasteiger partial charge in [-0.3, -0.25) is 4.79 Å². The van der Waals surface area contributed by atoms with Crippen LogP contribution in [-0.2, 0) is 9.53 Å². The van der Waals surface area contributed by atoms with Crippen molar-refractivity contribution in [1.82, 2.24) is 9.80 Å². The fourth-order valence-electron chi connectivity index (χ4n) is 1.96. The Morgan fingerprint density at radius 1 is 1.50 bits per heavy atom. The second kappa shape index (κ2) is 6.04. The van der Waals surface area contributed by atoms with Crippen molar-refractivity contribution in [3.63, 3.8) is 0 Å². The molecule has 6 nitrogen and oxygen atoms in total. The molecular weight excluding hydrogens is 236 g/mol. The van der Waals surface area contributed by atoms with Crippen LogP contribution in [0.3, 0.4) is 0 Å². The van der Waals surface area contributed by atoms with E-state index in [1.807, 2.05) is 13.8 Å². The number of carbonyl (C=O) groups excluding carboxylic acids is 1.